The SMILES string of the molecule is CCN(CC)C(=O)c1cn(C2CCN(C(=O)CCc3cccc(OC)c3)CC2)nn1. The van der Waals surface area contributed by atoms with E-state index in [1.165, 1.54) is 0 Å². The van der Waals surface area contributed by atoms with Crippen LogP contribution < -0.4 is 4.74 Å². The Morgan fingerprint density at radius 1 is 1.20 bits per heavy atom. The highest BCUT2D eigenvalue weighted by Crippen LogP contribution is 2.23. The molecular formula is C22H31N5O3. The van der Waals surface area contributed by atoms with Crippen LogP contribution >= 0.6 is 0 Å². The smallest absolute Gasteiger partial charge is 0.276 e. The molecule has 2 amide bonds. The average Bonchev–Trinajstić information content (AvgIpc) is 3.29. The van der Waals surface area contributed by atoms with Crippen LogP contribution in [0, 0.1) is 0 Å². The summed E-state index contributed by atoms with van der Waals surface area (Å²) in [6, 6.07) is 8.01. The number of aryl methyl sites for hydroxylation is 1. The van der Waals surface area contributed by atoms with Gasteiger partial charge in [-0.3, -0.25) is 9.59 Å². The van der Waals surface area contributed by atoms with Gasteiger partial charge in [0.1, 0.15) is 5.75 Å². The molecule has 0 unspecified atom stereocenters. The van der Waals surface area contributed by atoms with Crippen LogP contribution in [0.3, 0.4) is 0 Å². The number of carbonyl (C=O) groups excluding carboxylic acids is 2. The summed E-state index contributed by atoms with van der Waals surface area (Å²) in [5, 5.41) is 8.25. The predicted octanol–water partition coefficient (Wildman–Crippen LogP) is 2.57. The molecule has 3 rings (SSSR count). The number of likely N-dealkylation sites (tertiary alicyclic amines) is 1. The third-order valence-electron chi connectivity index (χ3n) is 5.73. The Morgan fingerprint density at radius 2 is 1.93 bits per heavy atom. The summed E-state index contributed by atoms with van der Waals surface area (Å²) in [4.78, 5) is 28.7. The van der Waals surface area contributed by atoms with Crippen molar-refractivity contribution in [2.45, 2.75) is 45.6 Å². The van der Waals surface area contributed by atoms with Gasteiger partial charge in [0.05, 0.1) is 19.3 Å². The summed E-state index contributed by atoms with van der Waals surface area (Å²) in [7, 11) is 1.64. The second-order valence-electron chi connectivity index (χ2n) is 7.52. The summed E-state index contributed by atoms with van der Waals surface area (Å²) < 4.78 is 7.03. The lowest BCUT2D eigenvalue weighted by Gasteiger charge is -2.32. The summed E-state index contributed by atoms with van der Waals surface area (Å²) in [6.07, 6.45) is 4.56. The molecule has 2 heterocycles. The Kier molecular flexibility index (Phi) is 7.43. The number of nitrogens with zero attached hydrogens (tertiary/aromatic N) is 5. The highest BCUT2D eigenvalue weighted by molar-refractivity contribution is 5.91. The number of methoxy groups -OCH3 is 1. The van der Waals surface area contributed by atoms with E-state index < -0.39 is 0 Å². The van der Waals surface area contributed by atoms with Crippen molar-refractivity contribution in [3.63, 3.8) is 0 Å². The normalized spacial score (nSPS) is 14.6. The number of rotatable bonds is 8. The van der Waals surface area contributed by atoms with E-state index in [1.54, 1.807) is 22.9 Å². The van der Waals surface area contributed by atoms with E-state index in [1.807, 2.05) is 43.0 Å². The van der Waals surface area contributed by atoms with Gasteiger partial charge in [-0.15, -0.1) is 5.10 Å². The Bertz CT molecular complexity index is 854. The molecule has 1 aliphatic heterocycles. The lowest BCUT2D eigenvalue weighted by molar-refractivity contribution is -0.132. The first-order valence-corrected chi connectivity index (χ1v) is 10.7. The number of piperidine rings is 1. The van der Waals surface area contributed by atoms with Crippen molar-refractivity contribution >= 4 is 11.8 Å². The number of benzene rings is 1. The van der Waals surface area contributed by atoms with Crippen molar-refractivity contribution in [1.82, 2.24) is 24.8 Å². The molecule has 8 nitrogen and oxygen atoms in total. The van der Waals surface area contributed by atoms with Crippen LogP contribution in [0.15, 0.2) is 30.5 Å². The van der Waals surface area contributed by atoms with Crippen LogP contribution in [-0.2, 0) is 11.2 Å². The van der Waals surface area contributed by atoms with E-state index in [2.05, 4.69) is 10.3 Å². The van der Waals surface area contributed by atoms with Crippen LogP contribution in [0.1, 0.15) is 55.2 Å². The van der Waals surface area contributed by atoms with Crippen molar-refractivity contribution in [1.29, 1.82) is 0 Å². The van der Waals surface area contributed by atoms with Gasteiger partial charge in [0.15, 0.2) is 5.69 Å². The van der Waals surface area contributed by atoms with Gasteiger partial charge in [-0.05, 0) is 50.8 Å². The van der Waals surface area contributed by atoms with Crippen molar-refractivity contribution in [2.24, 2.45) is 0 Å². The van der Waals surface area contributed by atoms with E-state index in [9.17, 15) is 9.59 Å². The zero-order chi connectivity index (χ0) is 21.5. The molecule has 1 aromatic carbocycles. The minimum atomic E-state index is -0.0867. The molecular weight excluding hydrogens is 382 g/mol. The van der Waals surface area contributed by atoms with Crippen LogP contribution in [0.25, 0.3) is 0 Å². The van der Waals surface area contributed by atoms with Crippen molar-refractivity contribution in [3.8, 4) is 5.75 Å². The molecule has 1 aliphatic rings. The van der Waals surface area contributed by atoms with Gasteiger partial charge in [0.2, 0.25) is 5.91 Å². The number of hydrogen-bond donors (Lipinski definition) is 0. The molecule has 0 atom stereocenters. The third-order valence-corrected chi connectivity index (χ3v) is 5.73. The summed E-state index contributed by atoms with van der Waals surface area (Å²) in [5.41, 5.74) is 1.49. The van der Waals surface area contributed by atoms with Crippen molar-refractivity contribution in [3.05, 3.63) is 41.7 Å². The number of hydrogen-bond acceptors (Lipinski definition) is 5. The zero-order valence-electron chi connectivity index (χ0n) is 18.1. The molecule has 1 saturated heterocycles. The molecule has 2 aromatic rings. The Morgan fingerprint density at radius 3 is 2.60 bits per heavy atom. The van der Waals surface area contributed by atoms with Gasteiger partial charge in [0, 0.05) is 32.6 Å². The minimum Gasteiger partial charge on any atom is -0.497 e. The van der Waals surface area contributed by atoms with Gasteiger partial charge < -0.3 is 14.5 Å². The van der Waals surface area contributed by atoms with Crippen LogP contribution in [0.4, 0.5) is 0 Å². The summed E-state index contributed by atoms with van der Waals surface area (Å²) >= 11 is 0. The molecule has 0 saturated carbocycles. The molecule has 0 spiro atoms. The molecule has 0 aliphatic carbocycles. The maximum atomic E-state index is 12.6. The number of ether oxygens (including phenoxy) is 1. The lowest BCUT2D eigenvalue weighted by atomic mass is 10.0. The van der Waals surface area contributed by atoms with Crippen molar-refractivity contribution < 1.29 is 14.3 Å². The zero-order valence-corrected chi connectivity index (χ0v) is 18.1. The van der Waals surface area contributed by atoms with Crippen LogP contribution in [0.2, 0.25) is 0 Å². The Labute approximate surface area is 177 Å². The van der Waals surface area contributed by atoms with E-state index in [0.717, 1.165) is 24.2 Å². The highest BCUT2D eigenvalue weighted by Gasteiger charge is 2.25. The summed E-state index contributed by atoms with van der Waals surface area (Å²) in [5.74, 6) is 0.899. The van der Waals surface area contributed by atoms with E-state index in [-0.39, 0.29) is 17.9 Å². The molecule has 0 N–H and O–H groups in total. The van der Waals surface area contributed by atoms with Crippen LogP contribution in [-0.4, -0.2) is 69.9 Å². The Balaban J connectivity index is 1.49. The first kappa shape index (κ1) is 21.8. The van der Waals surface area contributed by atoms with Gasteiger partial charge in [-0.2, -0.15) is 0 Å². The lowest BCUT2D eigenvalue weighted by Crippen LogP contribution is -2.39. The highest BCUT2D eigenvalue weighted by atomic mass is 16.5. The maximum Gasteiger partial charge on any atom is 0.276 e. The first-order chi connectivity index (χ1) is 14.5. The minimum absolute atomic E-state index is 0.0867. The van der Waals surface area contributed by atoms with Gasteiger partial charge in [-0.25, -0.2) is 4.68 Å². The fourth-order valence-electron chi connectivity index (χ4n) is 3.84. The largest absolute Gasteiger partial charge is 0.497 e. The number of amides is 2. The fraction of sp³-hybridized carbons (Fsp3) is 0.545. The molecule has 30 heavy (non-hydrogen) atoms. The number of carbonyl (C=O) groups is 2. The molecule has 1 aromatic heterocycles. The third kappa shape index (κ3) is 5.17. The van der Waals surface area contributed by atoms with E-state index in [4.69, 9.17) is 4.74 Å². The molecule has 0 bridgehead atoms. The summed E-state index contributed by atoms with van der Waals surface area (Å²) in [6.45, 7) is 6.60. The van der Waals surface area contributed by atoms with E-state index in [0.29, 0.717) is 44.7 Å². The second kappa shape index (κ2) is 10.2. The van der Waals surface area contributed by atoms with E-state index >= 15 is 0 Å². The fourth-order valence-corrected chi connectivity index (χ4v) is 3.84. The predicted molar refractivity (Wildman–Crippen MR) is 113 cm³/mol. The molecule has 0 radical (unpaired) electrons. The Hall–Kier alpha value is -2.90. The van der Waals surface area contributed by atoms with Crippen molar-refractivity contribution in [2.75, 3.05) is 33.3 Å². The quantitative estimate of drug-likeness (QED) is 0.664. The van der Waals surface area contributed by atoms with Gasteiger partial charge in [-0.1, -0.05) is 17.3 Å². The average molecular weight is 414 g/mol. The first-order valence-electron chi connectivity index (χ1n) is 10.7. The van der Waals surface area contributed by atoms with Crippen LogP contribution in [0.5, 0.6) is 5.75 Å². The molecule has 162 valence electrons. The monoisotopic (exact) mass is 413 g/mol. The topological polar surface area (TPSA) is 80.6 Å². The van der Waals surface area contributed by atoms with Gasteiger partial charge >= 0.3 is 0 Å². The maximum absolute atomic E-state index is 12.6. The molecule has 8 heteroatoms. The number of aromatic nitrogens is 3. The molecule has 1 fully saturated rings. The second-order valence-corrected chi connectivity index (χ2v) is 7.52. The van der Waals surface area contributed by atoms with Gasteiger partial charge in [0.25, 0.3) is 5.91 Å². The standard InChI is InChI=1S/C22H31N5O3/c1-4-25(5-2)22(29)20-16-27(24-23-20)18-11-13-26(14-12-18)21(28)10-9-17-7-6-8-19(15-17)30-3/h6-8,15-16,18H,4-5,9-14H2,1-3H3.